The number of carbonyl (C=O) groups excluding carboxylic acids is 1. The second-order valence-corrected chi connectivity index (χ2v) is 5.56. The van der Waals surface area contributed by atoms with E-state index in [1.807, 2.05) is 6.92 Å². The molecular formula is C15H22N2O. The third kappa shape index (κ3) is 2.41. The quantitative estimate of drug-likeness (QED) is 0.860. The van der Waals surface area contributed by atoms with Crippen LogP contribution in [0.1, 0.15) is 48.9 Å². The molecule has 1 amide bonds. The van der Waals surface area contributed by atoms with Crippen molar-refractivity contribution in [2.24, 2.45) is 5.73 Å². The Morgan fingerprint density at radius 1 is 1.39 bits per heavy atom. The van der Waals surface area contributed by atoms with Gasteiger partial charge >= 0.3 is 0 Å². The van der Waals surface area contributed by atoms with Crippen LogP contribution in [-0.4, -0.2) is 11.4 Å². The first-order chi connectivity index (χ1) is 8.42. The molecule has 1 atom stereocenters. The molecule has 0 aromatic heterocycles. The molecular weight excluding hydrogens is 224 g/mol. The summed E-state index contributed by atoms with van der Waals surface area (Å²) in [7, 11) is 0. The maximum Gasteiger partial charge on any atom is 0.240 e. The van der Waals surface area contributed by atoms with Crippen molar-refractivity contribution in [3.05, 3.63) is 34.9 Å². The van der Waals surface area contributed by atoms with Gasteiger partial charge in [-0.05, 0) is 51.2 Å². The second kappa shape index (κ2) is 4.73. The number of nitrogens with two attached hydrogens (primary N) is 1. The molecule has 1 saturated carbocycles. The molecule has 0 heterocycles. The van der Waals surface area contributed by atoms with Crippen molar-refractivity contribution in [3.8, 4) is 0 Å². The summed E-state index contributed by atoms with van der Waals surface area (Å²) in [5.74, 6) is -0.0128. The Hall–Kier alpha value is -1.35. The number of nitrogens with one attached hydrogen (secondary N) is 1. The monoisotopic (exact) mass is 246 g/mol. The lowest BCUT2D eigenvalue weighted by Crippen LogP contribution is -2.58. The predicted molar refractivity (Wildman–Crippen MR) is 73.2 cm³/mol. The van der Waals surface area contributed by atoms with E-state index < -0.39 is 5.54 Å². The van der Waals surface area contributed by atoms with E-state index in [4.69, 9.17) is 5.73 Å². The van der Waals surface area contributed by atoms with Gasteiger partial charge in [0.05, 0.1) is 11.6 Å². The smallest absolute Gasteiger partial charge is 0.240 e. The molecule has 1 aliphatic rings. The third-order valence-electron chi connectivity index (χ3n) is 3.94. The lowest BCUT2D eigenvalue weighted by molar-refractivity contribution is -0.129. The number of hydrogen-bond acceptors (Lipinski definition) is 2. The minimum Gasteiger partial charge on any atom is -0.348 e. The van der Waals surface area contributed by atoms with Gasteiger partial charge in [0.2, 0.25) is 5.91 Å². The fraction of sp³-hybridized carbons (Fsp3) is 0.533. The van der Waals surface area contributed by atoms with Gasteiger partial charge in [0.15, 0.2) is 0 Å². The molecule has 2 rings (SSSR count). The molecule has 0 saturated heterocycles. The summed E-state index contributed by atoms with van der Waals surface area (Å²) < 4.78 is 0. The molecule has 1 aromatic carbocycles. The lowest BCUT2D eigenvalue weighted by atomic mass is 9.77. The highest BCUT2D eigenvalue weighted by molar-refractivity contribution is 5.87. The van der Waals surface area contributed by atoms with Crippen molar-refractivity contribution < 1.29 is 4.79 Å². The zero-order valence-electron chi connectivity index (χ0n) is 11.4. The van der Waals surface area contributed by atoms with Crippen molar-refractivity contribution in [1.82, 2.24) is 5.32 Å². The van der Waals surface area contributed by atoms with Crippen LogP contribution in [0.15, 0.2) is 18.2 Å². The van der Waals surface area contributed by atoms with Crippen molar-refractivity contribution >= 4 is 5.91 Å². The van der Waals surface area contributed by atoms with Crippen LogP contribution in [0.5, 0.6) is 0 Å². The fourth-order valence-corrected chi connectivity index (χ4v) is 2.51. The molecule has 1 aliphatic carbocycles. The van der Waals surface area contributed by atoms with Crippen LogP contribution in [0.2, 0.25) is 0 Å². The number of amides is 1. The number of benzene rings is 1. The molecule has 98 valence electrons. The maximum atomic E-state index is 12.1. The highest BCUT2D eigenvalue weighted by atomic mass is 16.2. The van der Waals surface area contributed by atoms with Crippen LogP contribution in [0, 0.1) is 13.8 Å². The van der Waals surface area contributed by atoms with E-state index in [0.717, 1.165) is 24.8 Å². The molecule has 18 heavy (non-hydrogen) atoms. The first-order valence-electron chi connectivity index (χ1n) is 6.59. The summed E-state index contributed by atoms with van der Waals surface area (Å²) in [5.41, 5.74) is 9.02. The first-order valence-corrected chi connectivity index (χ1v) is 6.59. The summed E-state index contributed by atoms with van der Waals surface area (Å²) in [5, 5.41) is 3.03. The van der Waals surface area contributed by atoms with Gasteiger partial charge in [0.1, 0.15) is 0 Å². The zero-order chi connectivity index (χ0) is 13.3. The Balaban J connectivity index is 2.07. The minimum atomic E-state index is -0.618. The average molecular weight is 246 g/mol. The molecule has 0 bridgehead atoms. The minimum absolute atomic E-state index is 0.0128. The topological polar surface area (TPSA) is 55.1 Å². The van der Waals surface area contributed by atoms with Crippen LogP contribution in [0.3, 0.4) is 0 Å². The van der Waals surface area contributed by atoms with Gasteiger partial charge in [-0.15, -0.1) is 0 Å². The van der Waals surface area contributed by atoms with Gasteiger partial charge in [-0.3, -0.25) is 4.79 Å². The van der Waals surface area contributed by atoms with Gasteiger partial charge in [-0.2, -0.15) is 0 Å². The van der Waals surface area contributed by atoms with E-state index in [0.29, 0.717) is 0 Å². The second-order valence-electron chi connectivity index (χ2n) is 5.56. The van der Waals surface area contributed by atoms with Crippen LogP contribution >= 0.6 is 0 Å². The summed E-state index contributed by atoms with van der Waals surface area (Å²) in [6.45, 7) is 6.16. The summed E-state index contributed by atoms with van der Waals surface area (Å²) in [4.78, 5) is 12.1. The Morgan fingerprint density at radius 3 is 2.56 bits per heavy atom. The Labute approximate surface area is 109 Å². The molecule has 1 fully saturated rings. The molecule has 3 nitrogen and oxygen atoms in total. The van der Waals surface area contributed by atoms with E-state index in [1.54, 1.807) is 0 Å². The lowest BCUT2D eigenvalue weighted by Gasteiger charge is -2.37. The normalized spacial score (nSPS) is 18.9. The zero-order valence-corrected chi connectivity index (χ0v) is 11.4. The van der Waals surface area contributed by atoms with Crippen LogP contribution < -0.4 is 11.1 Å². The molecule has 1 aromatic rings. The van der Waals surface area contributed by atoms with Crippen LogP contribution in [0.25, 0.3) is 0 Å². The number of hydrogen-bond donors (Lipinski definition) is 2. The first kappa shape index (κ1) is 13.1. The predicted octanol–water partition coefficient (Wildman–Crippen LogP) is 2.36. The van der Waals surface area contributed by atoms with Crippen molar-refractivity contribution in [1.29, 1.82) is 0 Å². The Bertz CT molecular complexity index is 464. The van der Waals surface area contributed by atoms with Gasteiger partial charge in [0, 0.05) is 0 Å². The Morgan fingerprint density at radius 2 is 2.06 bits per heavy atom. The largest absolute Gasteiger partial charge is 0.348 e. The van der Waals surface area contributed by atoms with Crippen LogP contribution in [0.4, 0.5) is 0 Å². The highest BCUT2D eigenvalue weighted by Gasteiger charge is 2.40. The van der Waals surface area contributed by atoms with Gasteiger partial charge in [0.25, 0.3) is 0 Å². The highest BCUT2D eigenvalue weighted by Crippen LogP contribution is 2.30. The fourth-order valence-electron chi connectivity index (χ4n) is 2.51. The van der Waals surface area contributed by atoms with Gasteiger partial charge in [-0.1, -0.05) is 23.8 Å². The third-order valence-corrected chi connectivity index (χ3v) is 3.94. The summed E-state index contributed by atoms with van der Waals surface area (Å²) >= 11 is 0. The van der Waals surface area contributed by atoms with E-state index >= 15 is 0 Å². The van der Waals surface area contributed by atoms with E-state index in [9.17, 15) is 4.79 Å². The van der Waals surface area contributed by atoms with E-state index in [2.05, 4.69) is 37.4 Å². The van der Waals surface area contributed by atoms with Gasteiger partial charge < -0.3 is 11.1 Å². The van der Waals surface area contributed by atoms with Crippen molar-refractivity contribution in [3.63, 3.8) is 0 Å². The molecule has 0 aliphatic heterocycles. The van der Waals surface area contributed by atoms with E-state index in [-0.39, 0.29) is 11.9 Å². The molecule has 0 radical (unpaired) electrons. The van der Waals surface area contributed by atoms with Gasteiger partial charge in [-0.25, -0.2) is 0 Å². The molecule has 3 N–H and O–H groups in total. The number of rotatable bonds is 3. The van der Waals surface area contributed by atoms with Crippen molar-refractivity contribution in [2.75, 3.05) is 0 Å². The summed E-state index contributed by atoms with van der Waals surface area (Å²) in [6, 6.07) is 6.31. The molecule has 0 spiro atoms. The average Bonchev–Trinajstić information content (AvgIpc) is 2.25. The Kier molecular flexibility index (Phi) is 3.44. The van der Waals surface area contributed by atoms with E-state index in [1.165, 1.54) is 11.1 Å². The van der Waals surface area contributed by atoms with Crippen LogP contribution in [-0.2, 0) is 4.79 Å². The SMILES string of the molecule is Cc1ccc(C(C)NC(=O)C2(N)CCC2)c(C)c1. The van der Waals surface area contributed by atoms with Crippen molar-refractivity contribution in [2.45, 2.75) is 51.6 Å². The number of aryl methyl sites for hydroxylation is 2. The molecule has 1 unspecified atom stereocenters. The summed E-state index contributed by atoms with van der Waals surface area (Å²) in [6.07, 6.45) is 2.67. The molecule has 3 heteroatoms. The standard InChI is InChI=1S/C15H22N2O/c1-10-5-6-13(11(2)9-10)12(3)17-14(18)15(16)7-4-8-15/h5-6,9,12H,4,7-8,16H2,1-3H3,(H,17,18). The maximum absolute atomic E-state index is 12.1. The number of carbonyl (C=O) groups is 1.